The zero-order chi connectivity index (χ0) is 13.4. The van der Waals surface area contributed by atoms with Crippen LogP contribution in [0.15, 0.2) is 36.4 Å². The van der Waals surface area contributed by atoms with Gasteiger partial charge in [-0.15, -0.1) is 0 Å². The van der Waals surface area contributed by atoms with Crippen molar-refractivity contribution >= 4 is 44.0 Å². The van der Waals surface area contributed by atoms with Gasteiger partial charge in [0.15, 0.2) is 5.13 Å². The second-order valence-electron chi connectivity index (χ2n) is 4.25. The third-order valence-corrected chi connectivity index (χ3v) is 4.11. The van der Waals surface area contributed by atoms with E-state index in [1.165, 1.54) is 23.5 Å². The lowest BCUT2D eigenvalue weighted by Gasteiger charge is -2.03. The number of aromatic nitrogens is 1. The highest BCUT2D eigenvalue weighted by atomic mass is 35.5. The van der Waals surface area contributed by atoms with Crippen molar-refractivity contribution in [2.45, 2.75) is 6.92 Å². The van der Waals surface area contributed by atoms with Crippen LogP contribution in [0.5, 0.6) is 0 Å². The van der Waals surface area contributed by atoms with Crippen molar-refractivity contribution < 1.29 is 4.39 Å². The number of hydrogen-bond acceptors (Lipinski definition) is 3. The van der Waals surface area contributed by atoms with Crippen molar-refractivity contribution in [1.82, 2.24) is 4.98 Å². The van der Waals surface area contributed by atoms with E-state index >= 15 is 0 Å². The van der Waals surface area contributed by atoms with Gasteiger partial charge in [0.1, 0.15) is 5.82 Å². The fourth-order valence-corrected chi connectivity index (χ4v) is 3.08. The maximum absolute atomic E-state index is 13.3. The van der Waals surface area contributed by atoms with Crippen LogP contribution >= 0.6 is 22.9 Å². The highest BCUT2D eigenvalue weighted by Gasteiger charge is 2.07. The van der Waals surface area contributed by atoms with Crippen molar-refractivity contribution in [2.24, 2.45) is 0 Å². The van der Waals surface area contributed by atoms with E-state index < -0.39 is 0 Å². The van der Waals surface area contributed by atoms with Crippen LogP contribution in [-0.4, -0.2) is 4.98 Å². The predicted molar refractivity (Wildman–Crippen MR) is 79.0 cm³/mol. The van der Waals surface area contributed by atoms with Gasteiger partial charge in [0.25, 0.3) is 0 Å². The molecule has 3 aromatic rings. The molecule has 0 fully saturated rings. The largest absolute Gasteiger partial charge is 0.331 e. The molecule has 3 rings (SSSR count). The Morgan fingerprint density at radius 3 is 2.84 bits per heavy atom. The molecule has 0 unspecified atom stereocenters. The van der Waals surface area contributed by atoms with Crippen LogP contribution in [0.4, 0.5) is 15.2 Å². The normalized spacial score (nSPS) is 10.9. The summed E-state index contributed by atoms with van der Waals surface area (Å²) in [6.45, 7) is 1.85. The highest BCUT2D eigenvalue weighted by Crippen LogP contribution is 2.33. The van der Waals surface area contributed by atoms with Gasteiger partial charge in [-0.05, 0) is 42.8 Å². The Morgan fingerprint density at radius 1 is 1.26 bits per heavy atom. The third kappa shape index (κ3) is 2.55. The average Bonchev–Trinajstić information content (AvgIpc) is 2.71. The van der Waals surface area contributed by atoms with Gasteiger partial charge in [-0.1, -0.05) is 29.0 Å². The molecule has 19 heavy (non-hydrogen) atoms. The summed E-state index contributed by atoms with van der Waals surface area (Å²) in [6, 6.07) is 10.4. The molecular formula is C14H10ClFN2S. The zero-order valence-corrected chi connectivity index (χ0v) is 11.6. The van der Waals surface area contributed by atoms with Crippen molar-refractivity contribution in [3.05, 3.63) is 52.8 Å². The molecule has 0 aliphatic carbocycles. The SMILES string of the molecule is Cc1cc(F)cc(Nc2nc3cccc(Cl)c3s2)c1. The number of nitrogens with one attached hydrogen (secondary N) is 1. The summed E-state index contributed by atoms with van der Waals surface area (Å²) in [7, 11) is 0. The molecule has 0 aliphatic rings. The number of benzene rings is 2. The van der Waals surface area contributed by atoms with E-state index in [0.717, 1.165) is 15.8 Å². The number of rotatable bonds is 2. The molecule has 5 heteroatoms. The molecule has 2 nitrogen and oxygen atoms in total. The Kier molecular flexibility index (Phi) is 3.12. The maximum Gasteiger partial charge on any atom is 0.188 e. The fraction of sp³-hybridized carbons (Fsp3) is 0.0714. The zero-order valence-electron chi connectivity index (χ0n) is 10.1. The molecule has 2 aromatic carbocycles. The molecule has 1 aromatic heterocycles. The van der Waals surface area contributed by atoms with Crippen LogP contribution in [-0.2, 0) is 0 Å². The van der Waals surface area contributed by atoms with E-state index in [0.29, 0.717) is 15.8 Å². The molecule has 0 saturated heterocycles. The summed E-state index contributed by atoms with van der Waals surface area (Å²) in [6.07, 6.45) is 0. The quantitative estimate of drug-likeness (QED) is 0.707. The first-order chi connectivity index (χ1) is 9.11. The molecule has 0 atom stereocenters. The summed E-state index contributed by atoms with van der Waals surface area (Å²) in [4.78, 5) is 4.43. The molecule has 0 amide bonds. The van der Waals surface area contributed by atoms with Crippen LogP contribution in [0.3, 0.4) is 0 Å². The minimum absolute atomic E-state index is 0.262. The Hall–Kier alpha value is -1.65. The summed E-state index contributed by atoms with van der Waals surface area (Å²) >= 11 is 7.56. The standard InChI is InChI=1S/C14H10ClFN2S/c1-8-5-9(16)7-10(6-8)17-14-18-12-4-2-3-11(15)13(12)19-14/h2-7H,1H3,(H,17,18). The van der Waals surface area contributed by atoms with Gasteiger partial charge in [0.2, 0.25) is 0 Å². The molecule has 0 aliphatic heterocycles. The smallest absolute Gasteiger partial charge is 0.188 e. The van der Waals surface area contributed by atoms with E-state index in [9.17, 15) is 4.39 Å². The van der Waals surface area contributed by atoms with Crippen LogP contribution < -0.4 is 5.32 Å². The van der Waals surface area contributed by atoms with Gasteiger partial charge in [-0.3, -0.25) is 0 Å². The first kappa shape index (κ1) is 12.4. The Bertz CT molecular complexity index is 734. The molecular weight excluding hydrogens is 283 g/mol. The van der Waals surface area contributed by atoms with E-state index in [1.807, 2.05) is 31.2 Å². The summed E-state index contributed by atoms with van der Waals surface area (Å²) in [5, 5.41) is 4.49. The van der Waals surface area contributed by atoms with E-state index in [1.54, 1.807) is 0 Å². The van der Waals surface area contributed by atoms with Gasteiger partial charge >= 0.3 is 0 Å². The van der Waals surface area contributed by atoms with E-state index in [4.69, 9.17) is 11.6 Å². The van der Waals surface area contributed by atoms with Gasteiger partial charge in [0.05, 0.1) is 15.2 Å². The van der Waals surface area contributed by atoms with Gasteiger partial charge in [-0.2, -0.15) is 0 Å². The Balaban J connectivity index is 1.99. The number of thiazole rings is 1. The van der Waals surface area contributed by atoms with Crippen molar-refractivity contribution in [1.29, 1.82) is 0 Å². The lowest BCUT2D eigenvalue weighted by Crippen LogP contribution is -1.91. The lowest BCUT2D eigenvalue weighted by molar-refractivity contribution is 0.627. The highest BCUT2D eigenvalue weighted by molar-refractivity contribution is 7.22. The second kappa shape index (κ2) is 4.79. The molecule has 0 radical (unpaired) electrons. The van der Waals surface area contributed by atoms with Crippen molar-refractivity contribution in [2.75, 3.05) is 5.32 Å². The summed E-state index contributed by atoms with van der Waals surface area (Å²) in [5.74, 6) is -0.262. The number of halogens is 2. The van der Waals surface area contributed by atoms with Crippen molar-refractivity contribution in [3.63, 3.8) is 0 Å². The molecule has 0 spiro atoms. The Morgan fingerprint density at radius 2 is 2.11 bits per heavy atom. The third-order valence-electron chi connectivity index (χ3n) is 2.66. The number of nitrogens with zero attached hydrogens (tertiary/aromatic N) is 1. The summed E-state index contributed by atoms with van der Waals surface area (Å²) < 4.78 is 14.3. The number of fused-ring (bicyclic) bond motifs is 1. The topological polar surface area (TPSA) is 24.9 Å². The minimum Gasteiger partial charge on any atom is -0.331 e. The van der Waals surface area contributed by atoms with Crippen LogP contribution in [0.2, 0.25) is 5.02 Å². The van der Waals surface area contributed by atoms with Crippen LogP contribution in [0, 0.1) is 12.7 Å². The lowest BCUT2D eigenvalue weighted by atomic mass is 10.2. The van der Waals surface area contributed by atoms with Gasteiger partial charge in [-0.25, -0.2) is 9.37 Å². The van der Waals surface area contributed by atoms with Crippen LogP contribution in [0.25, 0.3) is 10.2 Å². The maximum atomic E-state index is 13.3. The minimum atomic E-state index is -0.262. The first-order valence-corrected chi connectivity index (χ1v) is 6.90. The van der Waals surface area contributed by atoms with E-state index in [-0.39, 0.29) is 5.82 Å². The Labute approximate surface area is 118 Å². The second-order valence-corrected chi connectivity index (χ2v) is 5.66. The summed E-state index contributed by atoms with van der Waals surface area (Å²) in [5.41, 5.74) is 2.39. The predicted octanol–water partition coefficient (Wildman–Crippen LogP) is 5.14. The average molecular weight is 293 g/mol. The van der Waals surface area contributed by atoms with Gasteiger partial charge < -0.3 is 5.32 Å². The number of anilines is 2. The first-order valence-electron chi connectivity index (χ1n) is 5.71. The van der Waals surface area contributed by atoms with Crippen LogP contribution in [0.1, 0.15) is 5.56 Å². The fourth-order valence-electron chi connectivity index (χ4n) is 1.90. The van der Waals surface area contributed by atoms with E-state index in [2.05, 4.69) is 10.3 Å². The molecule has 1 N–H and O–H groups in total. The number of hydrogen-bond donors (Lipinski definition) is 1. The molecule has 0 saturated carbocycles. The van der Waals surface area contributed by atoms with Gasteiger partial charge in [0, 0.05) is 5.69 Å². The molecule has 0 bridgehead atoms. The molecule has 1 heterocycles. The monoisotopic (exact) mass is 292 g/mol. The number of aryl methyl sites for hydroxylation is 1. The molecule has 96 valence electrons. The van der Waals surface area contributed by atoms with Crippen molar-refractivity contribution in [3.8, 4) is 0 Å².